The Morgan fingerprint density at radius 1 is 1.05 bits per heavy atom. The van der Waals surface area contributed by atoms with Crippen molar-refractivity contribution in [1.82, 2.24) is 24.8 Å². The van der Waals surface area contributed by atoms with E-state index in [1.165, 1.54) is 17.0 Å². The first-order chi connectivity index (χ1) is 17.8. The minimum atomic E-state index is -4.13. The van der Waals surface area contributed by atoms with Gasteiger partial charge in [-0.05, 0) is 42.8 Å². The molecule has 2 aromatic heterocycles. The van der Waals surface area contributed by atoms with Crippen LogP contribution in [0.1, 0.15) is 16.8 Å². The van der Waals surface area contributed by atoms with E-state index in [4.69, 9.17) is 0 Å². The van der Waals surface area contributed by atoms with Gasteiger partial charge < -0.3 is 15.3 Å². The van der Waals surface area contributed by atoms with E-state index in [0.717, 1.165) is 5.39 Å². The Balaban J connectivity index is 1.52. The van der Waals surface area contributed by atoms with Gasteiger partial charge in [-0.25, -0.2) is 13.4 Å². The molecule has 1 amide bonds. The largest absolute Gasteiger partial charge is 0.480 e. The van der Waals surface area contributed by atoms with E-state index in [-0.39, 0.29) is 18.0 Å². The average Bonchev–Trinajstić information content (AvgIpc) is 3.38. The van der Waals surface area contributed by atoms with Gasteiger partial charge in [0.1, 0.15) is 11.9 Å². The number of fused-ring (bicyclic) bond motifs is 1. The van der Waals surface area contributed by atoms with Gasteiger partial charge in [0.15, 0.2) is 0 Å². The molecular formula is C25H26N6O5S. The molecule has 0 aliphatic carbocycles. The highest BCUT2D eigenvalue weighted by Gasteiger charge is 2.29. The zero-order valence-electron chi connectivity index (χ0n) is 19.7. The molecule has 12 heteroatoms. The molecule has 4 N–H and O–H groups in total. The summed E-state index contributed by atoms with van der Waals surface area (Å²) >= 11 is 0. The van der Waals surface area contributed by atoms with Gasteiger partial charge in [-0.15, -0.1) is 0 Å². The molecule has 4 rings (SSSR count). The standard InChI is InChI=1S/C25H26N6O5S/c32-24(18-10-11-19-16-28-29-21(19)15-18)31(14-6-13-27-23-9-4-5-12-26-23)17-22(25(33)34)30-37(35,36)20-7-2-1-3-8-20/h1-5,7-12,15-16,22,30H,6,13-14,17H2,(H,26,27)(H,28,29)(H,33,34). The first-order valence-electron chi connectivity index (χ1n) is 11.5. The second kappa shape index (κ2) is 11.6. The summed E-state index contributed by atoms with van der Waals surface area (Å²) in [4.78, 5) is 31.0. The summed E-state index contributed by atoms with van der Waals surface area (Å²) in [5.41, 5.74) is 0.978. The minimum Gasteiger partial charge on any atom is -0.480 e. The number of carboxylic acid groups (broad SMARTS) is 1. The Kier molecular flexibility index (Phi) is 8.11. The fourth-order valence-electron chi connectivity index (χ4n) is 3.72. The van der Waals surface area contributed by atoms with Gasteiger partial charge in [-0.1, -0.05) is 30.3 Å². The number of rotatable bonds is 12. The molecule has 1 unspecified atom stereocenters. The van der Waals surface area contributed by atoms with Crippen LogP contribution in [0, 0.1) is 0 Å². The van der Waals surface area contributed by atoms with Crippen molar-refractivity contribution in [3.8, 4) is 0 Å². The highest BCUT2D eigenvalue weighted by Crippen LogP contribution is 2.16. The summed E-state index contributed by atoms with van der Waals surface area (Å²) in [6.07, 6.45) is 3.75. The highest BCUT2D eigenvalue weighted by molar-refractivity contribution is 7.89. The normalized spacial score (nSPS) is 12.2. The van der Waals surface area contributed by atoms with Crippen molar-refractivity contribution in [2.45, 2.75) is 17.4 Å². The molecule has 0 fully saturated rings. The Bertz CT molecular complexity index is 1460. The lowest BCUT2D eigenvalue weighted by atomic mass is 10.1. The van der Waals surface area contributed by atoms with Crippen LogP contribution in [-0.4, -0.2) is 71.2 Å². The lowest BCUT2D eigenvalue weighted by Gasteiger charge is -2.26. The van der Waals surface area contributed by atoms with Crippen molar-refractivity contribution >= 4 is 38.6 Å². The number of nitrogens with one attached hydrogen (secondary N) is 3. The number of carbonyl (C=O) groups is 2. The zero-order valence-corrected chi connectivity index (χ0v) is 20.6. The number of pyridine rings is 1. The number of aromatic nitrogens is 3. The van der Waals surface area contributed by atoms with E-state index < -0.39 is 27.9 Å². The van der Waals surface area contributed by atoms with Crippen molar-refractivity contribution in [2.75, 3.05) is 25.0 Å². The summed E-state index contributed by atoms with van der Waals surface area (Å²) in [7, 11) is -4.13. The second-order valence-corrected chi connectivity index (χ2v) is 9.96. The van der Waals surface area contributed by atoms with Crippen molar-refractivity contribution in [3.63, 3.8) is 0 Å². The van der Waals surface area contributed by atoms with Gasteiger partial charge in [0.05, 0.1) is 16.6 Å². The lowest BCUT2D eigenvalue weighted by Crippen LogP contribution is -2.50. The summed E-state index contributed by atoms with van der Waals surface area (Å²) in [5, 5.41) is 20.6. The smallest absolute Gasteiger partial charge is 0.323 e. The van der Waals surface area contributed by atoms with Crippen LogP contribution in [0.3, 0.4) is 0 Å². The maximum absolute atomic E-state index is 13.5. The van der Waals surface area contributed by atoms with Crippen LogP contribution in [-0.2, 0) is 14.8 Å². The van der Waals surface area contributed by atoms with Crippen LogP contribution >= 0.6 is 0 Å². The Hall–Kier alpha value is -4.29. The number of anilines is 1. The monoisotopic (exact) mass is 522 g/mol. The summed E-state index contributed by atoms with van der Waals surface area (Å²) in [5.74, 6) is -1.16. The van der Waals surface area contributed by atoms with Crippen LogP contribution in [0.15, 0.2) is 84.0 Å². The van der Waals surface area contributed by atoms with Gasteiger partial charge in [0.2, 0.25) is 10.0 Å². The van der Waals surface area contributed by atoms with Gasteiger partial charge in [0.25, 0.3) is 5.91 Å². The molecule has 0 bridgehead atoms. The van der Waals surface area contributed by atoms with Crippen molar-refractivity contribution < 1.29 is 23.1 Å². The fraction of sp³-hybridized carbons (Fsp3) is 0.200. The van der Waals surface area contributed by atoms with Crippen LogP contribution < -0.4 is 10.0 Å². The molecule has 0 saturated heterocycles. The molecule has 0 aliphatic rings. The molecule has 0 radical (unpaired) electrons. The molecule has 1 atom stereocenters. The number of nitrogens with zero attached hydrogens (tertiary/aromatic N) is 3. The molecular weight excluding hydrogens is 496 g/mol. The lowest BCUT2D eigenvalue weighted by molar-refractivity contribution is -0.139. The number of aliphatic carboxylic acids is 1. The highest BCUT2D eigenvalue weighted by atomic mass is 32.2. The number of carboxylic acids is 1. The van der Waals surface area contributed by atoms with E-state index in [1.54, 1.807) is 60.9 Å². The SMILES string of the molecule is O=C(O)C(CN(CCCNc1ccccn1)C(=O)c1ccc2cn[nH]c2c1)NS(=O)(=O)c1ccccc1. The van der Waals surface area contributed by atoms with E-state index in [0.29, 0.717) is 29.9 Å². The molecule has 0 saturated carbocycles. The maximum atomic E-state index is 13.5. The van der Waals surface area contributed by atoms with Gasteiger partial charge in [-0.3, -0.25) is 14.7 Å². The van der Waals surface area contributed by atoms with Crippen molar-refractivity contribution in [3.05, 3.63) is 84.7 Å². The number of H-pyrrole nitrogens is 1. The third kappa shape index (κ3) is 6.68. The predicted molar refractivity (Wildman–Crippen MR) is 138 cm³/mol. The molecule has 4 aromatic rings. The second-order valence-electron chi connectivity index (χ2n) is 8.24. The average molecular weight is 523 g/mol. The molecule has 11 nitrogen and oxygen atoms in total. The minimum absolute atomic E-state index is 0.0663. The third-order valence-corrected chi connectivity index (χ3v) is 7.09. The van der Waals surface area contributed by atoms with Crippen LogP contribution in [0.4, 0.5) is 5.82 Å². The number of hydrogen-bond donors (Lipinski definition) is 4. The van der Waals surface area contributed by atoms with E-state index in [2.05, 4.69) is 25.2 Å². The van der Waals surface area contributed by atoms with Gasteiger partial charge in [-0.2, -0.15) is 9.82 Å². The predicted octanol–water partition coefficient (Wildman–Crippen LogP) is 2.33. The molecule has 37 heavy (non-hydrogen) atoms. The first-order valence-corrected chi connectivity index (χ1v) is 13.0. The summed E-state index contributed by atoms with van der Waals surface area (Å²) < 4.78 is 27.8. The number of carbonyl (C=O) groups excluding carboxylic acids is 1. The maximum Gasteiger partial charge on any atom is 0.323 e. The molecule has 2 aromatic carbocycles. The van der Waals surface area contributed by atoms with Crippen molar-refractivity contribution in [2.24, 2.45) is 0 Å². The number of amides is 1. The van der Waals surface area contributed by atoms with E-state index in [9.17, 15) is 23.1 Å². The number of hydrogen-bond acceptors (Lipinski definition) is 7. The summed E-state index contributed by atoms with van der Waals surface area (Å²) in [6.45, 7) is 0.273. The van der Waals surface area contributed by atoms with Gasteiger partial charge >= 0.3 is 5.97 Å². The quantitative estimate of drug-likeness (QED) is 0.207. The summed E-state index contributed by atoms with van der Waals surface area (Å²) in [6, 6.07) is 16.4. The zero-order chi connectivity index (χ0) is 26.3. The van der Waals surface area contributed by atoms with Crippen LogP contribution in [0.5, 0.6) is 0 Å². The first kappa shape index (κ1) is 25.8. The molecule has 192 valence electrons. The van der Waals surface area contributed by atoms with Crippen molar-refractivity contribution in [1.29, 1.82) is 0 Å². The third-order valence-electron chi connectivity index (χ3n) is 5.60. The fourth-order valence-corrected chi connectivity index (χ4v) is 4.92. The molecule has 2 heterocycles. The Morgan fingerprint density at radius 3 is 2.57 bits per heavy atom. The topological polar surface area (TPSA) is 157 Å². The Morgan fingerprint density at radius 2 is 1.84 bits per heavy atom. The number of benzene rings is 2. The number of sulfonamides is 1. The van der Waals surface area contributed by atoms with Gasteiger partial charge in [0, 0.05) is 36.8 Å². The van der Waals surface area contributed by atoms with E-state index >= 15 is 0 Å². The van der Waals surface area contributed by atoms with E-state index in [1.807, 2.05) is 6.07 Å². The van der Waals surface area contributed by atoms with Crippen LogP contribution in [0.25, 0.3) is 10.9 Å². The van der Waals surface area contributed by atoms with Crippen LogP contribution in [0.2, 0.25) is 0 Å². The molecule has 0 aliphatic heterocycles. The number of aromatic amines is 1. The Labute approximate surface area is 213 Å². The molecule has 0 spiro atoms.